The van der Waals surface area contributed by atoms with E-state index in [0.717, 1.165) is 11.4 Å². The van der Waals surface area contributed by atoms with E-state index in [1.807, 2.05) is 11.3 Å². The molecule has 0 aliphatic carbocycles. The molecular formula is C50H33NS. The van der Waals surface area contributed by atoms with E-state index in [9.17, 15) is 0 Å². The highest BCUT2D eigenvalue weighted by Crippen LogP contribution is 2.45. The maximum Gasteiger partial charge on any atom is 0.0640 e. The van der Waals surface area contributed by atoms with E-state index in [1.165, 1.54) is 80.8 Å². The zero-order chi connectivity index (χ0) is 34.4. The van der Waals surface area contributed by atoms with Gasteiger partial charge in [0.1, 0.15) is 0 Å². The van der Waals surface area contributed by atoms with Gasteiger partial charge in [-0.15, -0.1) is 11.3 Å². The van der Waals surface area contributed by atoms with E-state index in [1.54, 1.807) is 0 Å². The van der Waals surface area contributed by atoms with Crippen molar-refractivity contribution in [2.45, 2.75) is 0 Å². The standard InChI is InChI=1S/C50H33NS/c1-2-12-36(13-3-1)44-19-9-16-41-32-39(27-30-45(41)44)35-25-28-42(29-26-35)51(48-21-10-20-47-46-18-6-7-22-49(46)52-50(47)48)43-17-8-15-38(33-43)40-24-23-34-11-4-5-14-37(34)31-40/h1-33H. The SMILES string of the molecule is c1ccc(-c2cccc3cc(-c4ccc(N(c5cccc(-c6ccc7ccccc7c6)c5)c5cccc6c5sc5ccccc56)cc4)ccc23)cc1. The van der Waals surface area contributed by atoms with Crippen LogP contribution in [-0.4, -0.2) is 0 Å². The van der Waals surface area contributed by atoms with Gasteiger partial charge in [0.05, 0.1) is 10.4 Å². The molecule has 0 unspecified atom stereocenters. The smallest absolute Gasteiger partial charge is 0.0640 e. The van der Waals surface area contributed by atoms with Gasteiger partial charge in [0.2, 0.25) is 0 Å². The summed E-state index contributed by atoms with van der Waals surface area (Å²) in [5, 5.41) is 7.60. The third-order valence-electron chi connectivity index (χ3n) is 10.2. The van der Waals surface area contributed by atoms with Gasteiger partial charge in [-0.3, -0.25) is 0 Å². The zero-order valence-corrected chi connectivity index (χ0v) is 29.2. The highest BCUT2D eigenvalue weighted by atomic mass is 32.1. The molecule has 2 heteroatoms. The lowest BCUT2D eigenvalue weighted by atomic mass is 9.95. The Kier molecular flexibility index (Phi) is 7.41. The van der Waals surface area contributed by atoms with Crippen LogP contribution in [0.3, 0.4) is 0 Å². The van der Waals surface area contributed by atoms with Crippen LogP contribution in [0.4, 0.5) is 17.1 Å². The molecule has 1 nitrogen and oxygen atoms in total. The molecule has 0 spiro atoms. The lowest BCUT2D eigenvalue weighted by molar-refractivity contribution is 1.30. The first kappa shape index (κ1) is 30.4. The lowest BCUT2D eigenvalue weighted by Crippen LogP contribution is -2.10. The van der Waals surface area contributed by atoms with Crippen LogP contribution in [0.15, 0.2) is 200 Å². The lowest BCUT2D eigenvalue weighted by Gasteiger charge is -2.27. The monoisotopic (exact) mass is 679 g/mol. The second-order valence-electron chi connectivity index (χ2n) is 13.4. The summed E-state index contributed by atoms with van der Waals surface area (Å²) >= 11 is 1.87. The predicted molar refractivity (Wildman–Crippen MR) is 225 cm³/mol. The fourth-order valence-electron chi connectivity index (χ4n) is 7.66. The molecule has 0 amide bonds. The molecule has 0 aliphatic rings. The summed E-state index contributed by atoms with van der Waals surface area (Å²) in [4.78, 5) is 2.43. The van der Waals surface area contributed by atoms with Gasteiger partial charge in [0.15, 0.2) is 0 Å². The minimum atomic E-state index is 1.12. The Morgan fingerprint density at radius 3 is 1.87 bits per heavy atom. The molecule has 0 saturated carbocycles. The maximum absolute atomic E-state index is 2.43. The molecule has 1 aromatic heterocycles. The number of nitrogens with zero attached hydrogens (tertiary/aromatic N) is 1. The van der Waals surface area contributed by atoms with Gasteiger partial charge in [-0.1, -0.05) is 152 Å². The third-order valence-corrected chi connectivity index (χ3v) is 11.4. The molecule has 0 bridgehead atoms. The second kappa shape index (κ2) is 12.7. The minimum Gasteiger partial charge on any atom is -0.309 e. The number of anilines is 3. The molecule has 0 saturated heterocycles. The first-order valence-corrected chi connectivity index (χ1v) is 18.6. The summed E-state index contributed by atoms with van der Waals surface area (Å²) in [5.74, 6) is 0. The molecule has 0 N–H and O–H groups in total. The number of hydrogen-bond acceptors (Lipinski definition) is 2. The Labute approximate surface area is 307 Å². The van der Waals surface area contributed by atoms with Crippen LogP contribution in [0.5, 0.6) is 0 Å². The van der Waals surface area contributed by atoms with Crippen molar-refractivity contribution in [2.24, 2.45) is 0 Å². The predicted octanol–water partition coefficient (Wildman–Crippen LogP) is 14.8. The van der Waals surface area contributed by atoms with Gasteiger partial charge in [0.25, 0.3) is 0 Å². The van der Waals surface area contributed by atoms with Crippen LogP contribution < -0.4 is 4.90 Å². The number of hydrogen-bond donors (Lipinski definition) is 0. The van der Waals surface area contributed by atoms with Gasteiger partial charge in [-0.05, 0) is 103 Å². The fourth-order valence-corrected chi connectivity index (χ4v) is 8.87. The Morgan fingerprint density at radius 1 is 0.327 bits per heavy atom. The number of thiophene rings is 1. The van der Waals surface area contributed by atoms with Gasteiger partial charge in [-0.25, -0.2) is 0 Å². The van der Waals surface area contributed by atoms with Crippen molar-refractivity contribution in [1.82, 2.24) is 0 Å². The maximum atomic E-state index is 2.43. The van der Waals surface area contributed by atoms with Gasteiger partial charge < -0.3 is 4.90 Å². The van der Waals surface area contributed by atoms with Crippen LogP contribution in [0, 0.1) is 0 Å². The Balaban J connectivity index is 1.09. The van der Waals surface area contributed by atoms with Crippen molar-refractivity contribution in [3.8, 4) is 33.4 Å². The van der Waals surface area contributed by atoms with E-state index in [0.29, 0.717) is 0 Å². The van der Waals surface area contributed by atoms with Crippen molar-refractivity contribution in [3.63, 3.8) is 0 Å². The molecular weight excluding hydrogens is 647 g/mol. The largest absolute Gasteiger partial charge is 0.309 e. The Morgan fingerprint density at radius 2 is 0.962 bits per heavy atom. The Bertz CT molecular complexity index is 2900. The van der Waals surface area contributed by atoms with Gasteiger partial charge in [-0.2, -0.15) is 0 Å². The topological polar surface area (TPSA) is 3.24 Å². The molecule has 9 aromatic carbocycles. The molecule has 244 valence electrons. The quantitative estimate of drug-likeness (QED) is 0.169. The molecule has 10 aromatic rings. The number of fused-ring (bicyclic) bond motifs is 5. The summed E-state index contributed by atoms with van der Waals surface area (Å²) in [6.45, 7) is 0. The average Bonchev–Trinajstić information content (AvgIpc) is 3.61. The van der Waals surface area contributed by atoms with Crippen LogP contribution in [0.25, 0.3) is 75.1 Å². The van der Waals surface area contributed by atoms with Gasteiger partial charge >= 0.3 is 0 Å². The fraction of sp³-hybridized carbons (Fsp3) is 0. The van der Waals surface area contributed by atoms with Crippen LogP contribution in [0.2, 0.25) is 0 Å². The van der Waals surface area contributed by atoms with E-state index in [4.69, 9.17) is 0 Å². The van der Waals surface area contributed by atoms with Crippen LogP contribution in [-0.2, 0) is 0 Å². The number of benzene rings is 9. The third kappa shape index (κ3) is 5.33. The van der Waals surface area contributed by atoms with Crippen molar-refractivity contribution in [1.29, 1.82) is 0 Å². The summed E-state index contributed by atoms with van der Waals surface area (Å²) in [7, 11) is 0. The zero-order valence-electron chi connectivity index (χ0n) is 28.4. The Hall–Kier alpha value is -6.48. The number of rotatable bonds is 6. The first-order chi connectivity index (χ1) is 25.8. The summed E-state index contributed by atoms with van der Waals surface area (Å²) < 4.78 is 2.59. The first-order valence-electron chi connectivity index (χ1n) is 17.8. The highest BCUT2D eigenvalue weighted by molar-refractivity contribution is 7.26. The average molecular weight is 680 g/mol. The molecule has 0 atom stereocenters. The van der Waals surface area contributed by atoms with E-state index < -0.39 is 0 Å². The van der Waals surface area contributed by atoms with Crippen molar-refractivity contribution >= 4 is 70.1 Å². The summed E-state index contributed by atoms with van der Waals surface area (Å²) in [6, 6.07) is 72.9. The summed E-state index contributed by atoms with van der Waals surface area (Å²) in [6.07, 6.45) is 0. The highest BCUT2D eigenvalue weighted by Gasteiger charge is 2.19. The van der Waals surface area contributed by atoms with Crippen LogP contribution >= 0.6 is 11.3 Å². The van der Waals surface area contributed by atoms with E-state index >= 15 is 0 Å². The van der Waals surface area contributed by atoms with Crippen molar-refractivity contribution in [2.75, 3.05) is 4.90 Å². The normalized spacial score (nSPS) is 11.5. The molecule has 0 fully saturated rings. The van der Waals surface area contributed by atoms with Crippen molar-refractivity contribution in [3.05, 3.63) is 200 Å². The summed E-state index contributed by atoms with van der Waals surface area (Å²) in [5.41, 5.74) is 10.7. The molecule has 0 aliphatic heterocycles. The molecule has 52 heavy (non-hydrogen) atoms. The molecule has 10 rings (SSSR count). The molecule has 1 heterocycles. The second-order valence-corrected chi connectivity index (χ2v) is 14.4. The molecule has 0 radical (unpaired) electrons. The van der Waals surface area contributed by atoms with Crippen LogP contribution in [0.1, 0.15) is 0 Å². The van der Waals surface area contributed by atoms with Crippen molar-refractivity contribution < 1.29 is 0 Å². The van der Waals surface area contributed by atoms with E-state index in [2.05, 4.69) is 205 Å². The van der Waals surface area contributed by atoms with Gasteiger partial charge in [0, 0.05) is 26.8 Å². The minimum absolute atomic E-state index is 1.12. The van der Waals surface area contributed by atoms with E-state index in [-0.39, 0.29) is 0 Å².